The summed E-state index contributed by atoms with van der Waals surface area (Å²) in [5.74, 6) is -2.55. The number of nitro benzene ring substituents is 1. The number of nitrogens with zero attached hydrogens (tertiary/aromatic N) is 2. The standard InChI is InChI=1S/C10H11N3O7S/c11-9(14)5-12(6-10(15)16)21(19,20)8-3-1-2-7(4-8)13(17)18/h1-4H,5-6H2,(H2,11,14)(H,15,16). The molecule has 21 heavy (non-hydrogen) atoms. The number of hydrogen-bond donors (Lipinski definition) is 2. The number of benzene rings is 1. The Morgan fingerprint density at radius 3 is 2.43 bits per heavy atom. The molecule has 0 fully saturated rings. The van der Waals surface area contributed by atoms with Crippen molar-refractivity contribution in [3.63, 3.8) is 0 Å². The molecule has 114 valence electrons. The van der Waals surface area contributed by atoms with Gasteiger partial charge in [0.1, 0.15) is 6.54 Å². The number of non-ortho nitro benzene ring substituents is 1. The molecule has 0 saturated heterocycles. The zero-order chi connectivity index (χ0) is 16.2. The molecule has 11 heteroatoms. The summed E-state index contributed by atoms with van der Waals surface area (Å²) in [7, 11) is -4.40. The van der Waals surface area contributed by atoms with Crippen LogP contribution in [0.1, 0.15) is 0 Å². The highest BCUT2D eigenvalue weighted by molar-refractivity contribution is 7.89. The molecule has 0 radical (unpaired) electrons. The molecule has 1 amide bonds. The first kappa shape index (κ1) is 16.5. The van der Waals surface area contributed by atoms with Gasteiger partial charge < -0.3 is 10.8 Å². The lowest BCUT2D eigenvalue weighted by Gasteiger charge is -2.18. The van der Waals surface area contributed by atoms with Crippen LogP contribution in [0.3, 0.4) is 0 Å². The van der Waals surface area contributed by atoms with Crippen LogP contribution in [0.15, 0.2) is 29.2 Å². The summed E-state index contributed by atoms with van der Waals surface area (Å²) < 4.78 is 24.8. The van der Waals surface area contributed by atoms with Gasteiger partial charge in [-0.05, 0) is 6.07 Å². The van der Waals surface area contributed by atoms with E-state index in [0.717, 1.165) is 24.3 Å². The third-order valence-electron chi connectivity index (χ3n) is 2.31. The van der Waals surface area contributed by atoms with Gasteiger partial charge in [-0.25, -0.2) is 8.42 Å². The molecule has 0 aromatic heterocycles. The zero-order valence-corrected chi connectivity index (χ0v) is 11.3. The van der Waals surface area contributed by atoms with Crippen LogP contribution in [0.4, 0.5) is 5.69 Å². The maximum absolute atomic E-state index is 12.2. The van der Waals surface area contributed by atoms with Gasteiger partial charge in [0.15, 0.2) is 0 Å². The first-order valence-electron chi connectivity index (χ1n) is 5.39. The Labute approximate surface area is 119 Å². The zero-order valence-electron chi connectivity index (χ0n) is 10.5. The summed E-state index contributed by atoms with van der Waals surface area (Å²) in [6, 6.07) is 4.03. The molecule has 10 nitrogen and oxygen atoms in total. The van der Waals surface area contributed by atoms with Crippen molar-refractivity contribution < 1.29 is 28.0 Å². The maximum atomic E-state index is 12.2. The Kier molecular flexibility index (Phi) is 4.94. The second kappa shape index (κ2) is 6.28. The van der Waals surface area contributed by atoms with E-state index in [2.05, 4.69) is 0 Å². The van der Waals surface area contributed by atoms with Crippen molar-refractivity contribution >= 4 is 27.6 Å². The number of carbonyl (C=O) groups is 2. The van der Waals surface area contributed by atoms with Crippen LogP contribution in [0.25, 0.3) is 0 Å². The van der Waals surface area contributed by atoms with Crippen LogP contribution >= 0.6 is 0 Å². The highest BCUT2D eigenvalue weighted by Crippen LogP contribution is 2.20. The molecule has 0 heterocycles. The molecular formula is C10H11N3O7S. The summed E-state index contributed by atoms with van der Waals surface area (Å²) in [6.07, 6.45) is 0. The topological polar surface area (TPSA) is 161 Å². The normalized spacial score (nSPS) is 11.3. The second-order valence-electron chi connectivity index (χ2n) is 3.89. The number of primary amides is 1. The van der Waals surface area contributed by atoms with Crippen molar-refractivity contribution in [3.8, 4) is 0 Å². The van der Waals surface area contributed by atoms with Gasteiger partial charge in [-0.2, -0.15) is 4.31 Å². The van der Waals surface area contributed by atoms with E-state index in [1.165, 1.54) is 0 Å². The van der Waals surface area contributed by atoms with Gasteiger partial charge in [-0.1, -0.05) is 6.07 Å². The number of hydrogen-bond acceptors (Lipinski definition) is 6. The lowest BCUT2D eigenvalue weighted by Crippen LogP contribution is -2.41. The number of rotatable bonds is 7. The Balaban J connectivity index is 3.27. The molecule has 0 aliphatic carbocycles. The van der Waals surface area contributed by atoms with E-state index in [9.17, 15) is 28.1 Å². The SMILES string of the molecule is NC(=O)CN(CC(=O)O)S(=O)(=O)c1cccc([N+](=O)[O-])c1. The second-order valence-corrected chi connectivity index (χ2v) is 5.83. The molecule has 0 atom stereocenters. The fraction of sp³-hybridized carbons (Fsp3) is 0.200. The summed E-state index contributed by atoms with van der Waals surface area (Å²) in [6.45, 7) is -1.84. The maximum Gasteiger partial charge on any atom is 0.318 e. The summed E-state index contributed by atoms with van der Waals surface area (Å²) >= 11 is 0. The molecule has 0 spiro atoms. The Morgan fingerprint density at radius 2 is 1.95 bits per heavy atom. The van der Waals surface area contributed by atoms with Crippen molar-refractivity contribution in [1.82, 2.24) is 4.31 Å². The van der Waals surface area contributed by atoms with Gasteiger partial charge in [0.05, 0.1) is 16.4 Å². The average molecular weight is 317 g/mol. The van der Waals surface area contributed by atoms with Crippen molar-refractivity contribution in [3.05, 3.63) is 34.4 Å². The lowest BCUT2D eigenvalue weighted by atomic mass is 10.3. The van der Waals surface area contributed by atoms with Crippen molar-refractivity contribution in [2.24, 2.45) is 5.73 Å². The molecule has 1 rings (SSSR count). The third-order valence-corrected chi connectivity index (χ3v) is 4.10. The molecular weight excluding hydrogens is 306 g/mol. The summed E-state index contributed by atoms with van der Waals surface area (Å²) in [4.78, 5) is 30.9. The molecule has 1 aromatic rings. The Hall–Kier alpha value is -2.53. The average Bonchev–Trinajstić information content (AvgIpc) is 2.37. The van der Waals surface area contributed by atoms with Crippen molar-refractivity contribution in [2.75, 3.05) is 13.1 Å². The molecule has 0 unspecified atom stereocenters. The van der Waals surface area contributed by atoms with E-state index >= 15 is 0 Å². The lowest BCUT2D eigenvalue weighted by molar-refractivity contribution is -0.385. The molecule has 0 aliphatic heterocycles. The highest BCUT2D eigenvalue weighted by Gasteiger charge is 2.29. The first-order valence-corrected chi connectivity index (χ1v) is 6.83. The van der Waals surface area contributed by atoms with Crippen LogP contribution < -0.4 is 5.73 Å². The van der Waals surface area contributed by atoms with Crippen molar-refractivity contribution in [1.29, 1.82) is 0 Å². The summed E-state index contributed by atoms with van der Waals surface area (Å²) in [5, 5.41) is 19.3. The molecule has 0 saturated carbocycles. The third kappa shape index (κ3) is 4.22. The van der Waals surface area contributed by atoms with Gasteiger partial charge in [0.2, 0.25) is 15.9 Å². The largest absolute Gasteiger partial charge is 0.480 e. The number of carbonyl (C=O) groups excluding carboxylic acids is 1. The molecule has 0 bridgehead atoms. The van der Waals surface area contributed by atoms with Crippen LogP contribution in [-0.4, -0.2) is 47.7 Å². The molecule has 3 N–H and O–H groups in total. The van der Waals surface area contributed by atoms with Crippen LogP contribution in [0.5, 0.6) is 0 Å². The van der Waals surface area contributed by atoms with Crippen LogP contribution in [0, 0.1) is 10.1 Å². The summed E-state index contributed by atoms with van der Waals surface area (Å²) in [5.41, 5.74) is 4.39. The number of nitrogens with two attached hydrogens (primary N) is 1. The number of carboxylic acids is 1. The van der Waals surface area contributed by atoms with E-state index in [4.69, 9.17) is 10.8 Å². The minimum atomic E-state index is -4.40. The fourth-order valence-corrected chi connectivity index (χ4v) is 2.85. The van der Waals surface area contributed by atoms with E-state index in [0.29, 0.717) is 4.31 Å². The monoisotopic (exact) mass is 317 g/mol. The minimum Gasteiger partial charge on any atom is -0.480 e. The first-order chi connectivity index (χ1) is 9.64. The number of carboxylic acid groups (broad SMARTS) is 1. The molecule has 1 aromatic carbocycles. The number of aliphatic carboxylic acids is 1. The minimum absolute atomic E-state index is 0.330. The van der Waals surface area contributed by atoms with E-state index in [1.54, 1.807) is 0 Å². The fourth-order valence-electron chi connectivity index (χ4n) is 1.46. The van der Waals surface area contributed by atoms with E-state index < -0.39 is 50.5 Å². The molecule has 0 aliphatic rings. The number of sulfonamides is 1. The number of amides is 1. The van der Waals surface area contributed by atoms with Gasteiger partial charge in [0, 0.05) is 12.1 Å². The van der Waals surface area contributed by atoms with E-state index in [-0.39, 0.29) is 0 Å². The Bertz CT molecular complexity index is 670. The van der Waals surface area contributed by atoms with Crippen molar-refractivity contribution in [2.45, 2.75) is 4.90 Å². The predicted molar refractivity (Wildman–Crippen MR) is 68.7 cm³/mol. The predicted octanol–water partition coefficient (Wildman–Crippen LogP) is -0.845. The van der Waals surface area contributed by atoms with Gasteiger partial charge in [-0.15, -0.1) is 0 Å². The van der Waals surface area contributed by atoms with Crippen LogP contribution in [0.2, 0.25) is 0 Å². The Morgan fingerprint density at radius 1 is 1.33 bits per heavy atom. The van der Waals surface area contributed by atoms with Gasteiger partial charge in [0.25, 0.3) is 5.69 Å². The smallest absolute Gasteiger partial charge is 0.318 e. The highest BCUT2D eigenvalue weighted by atomic mass is 32.2. The quantitative estimate of drug-likeness (QED) is 0.489. The number of nitro groups is 1. The van der Waals surface area contributed by atoms with Gasteiger partial charge in [-0.3, -0.25) is 19.7 Å². The van der Waals surface area contributed by atoms with Gasteiger partial charge >= 0.3 is 5.97 Å². The van der Waals surface area contributed by atoms with E-state index in [1.807, 2.05) is 0 Å². The van der Waals surface area contributed by atoms with Crippen LogP contribution in [-0.2, 0) is 19.6 Å².